The SMILES string of the molecule is C=CCn1c(SCC(=O)Nc2ccccc2C#N)nc2sc3c(c2c1=O)CCCCC3. The van der Waals surface area contributed by atoms with Crippen LogP contribution >= 0.6 is 23.1 Å². The number of carbonyl (C=O) groups excluding carboxylic acids is 1. The molecule has 31 heavy (non-hydrogen) atoms. The van der Waals surface area contributed by atoms with E-state index in [0.717, 1.165) is 41.5 Å². The van der Waals surface area contributed by atoms with Crippen LogP contribution in [0.25, 0.3) is 10.2 Å². The molecule has 0 atom stereocenters. The molecule has 158 valence electrons. The van der Waals surface area contributed by atoms with Crippen LogP contribution in [-0.2, 0) is 24.2 Å². The molecular formula is C23H22N4O2S2. The Labute approximate surface area is 188 Å². The van der Waals surface area contributed by atoms with Crippen molar-refractivity contribution in [3.63, 3.8) is 0 Å². The summed E-state index contributed by atoms with van der Waals surface area (Å²) in [5, 5.41) is 13.2. The molecule has 0 bridgehead atoms. The maximum Gasteiger partial charge on any atom is 0.263 e. The molecule has 1 N–H and O–H groups in total. The average molecular weight is 451 g/mol. The highest BCUT2D eigenvalue weighted by molar-refractivity contribution is 7.99. The van der Waals surface area contributed by atoms with Gasteiger partial charge in [-0.2, -0.15) is 5.26 Å². The molecule has 1 amide bonds. The Hall–Kier alpha value is -2.89. The molecule has 0 saturated carbocycles. The molecule has 0 aliphatic heterocycles. The van der Waals surface area contributed by atoms with Crippen LogP contribution in [0.5, 0.6) is 0 Å². The highest BCUT2D eigenvalue weighted by Gasteiger charge is 2.21. The lowest BCUT2D eigenvalue weighted by atomic mass is 10.1. The number of benzene rings is 1. The molecule has 6 nitrogen and oxygen atoms in total. The zero-order chi connectivity index (χ0) is 21.8. The molecule has 0 spiro atoms. The lowest BCUT2D eigenvalue weighted by molar-refractivity contribution is -0.113. The van der Waals surface area contributed by atoms with Gasteiger partial charge >= 0.3 is 0 Å². The molecule has 1 aromatic carbocycles. The number of amides is 1. The minimum Gasteiger partial charge on any atom is -0.324 e. The number of nitrogens with one attached hydrogen (secondary N) is 1. The number of thiophene rings is 1. The molecule has 4 rings (SSSR count). The van der Waals surface area contributed by atoms with Crippen molar-refractivity contribution in [2.75, 3.05) is 11.1 Å². The van der Waals surface area contributed by atoms with Gasteiger partial charge in [0, 0.05) is 11.4 Å². The number of anilines is 1. The van der Waals surface area contributed by atoms with Crippen LogP contribution in [0.2, 0.25) is 0 Å². The van der Waals surface area contributed by atoms with Gasteiger partial charge in [-0.25, -0.2) is 4.98 Å². The zero-order valence-electron chi connectivity index (χ0n) is 17.0. The van der Waals surface area contributed by atoms with E-state index in [-0.39, 0.29) is 17.2 Å². The molecule has 3 aromatic rings. The standard InChI is InChI=1S/C23H22N4O2S2/c1-2-12-27-22(29)20-16-9-4-3-5-11-18(16)31-21(20)26-23(27)30-14-19(28)25-17-10-7-6-8-15(17)13-24/h2,6-8,10H,1,3-5,9,11-12,14H2,(H,25,28). The van der Waals surface area contributed by atoms with Crippen molar-refractivity contribution in [3.05, 3.63) is 63.3 Å². The molecule has 0 fully saturated rings. The number of aromatic nitrogens is 2. The van der Waals surface area contributed by atoms with E-state index in [1.165, 1.54) is 23.1 Å². The van der Waals surface area contributed by atoms with Gasteiger partial charge in [0.05, 0.1) is 22.4 Å². The average Bonchev–Trinajstić information content (AvgIpc) is 2.96. The second kappa shape index (κ2) is 9.50. The predicted molar refractivity (Wildman–Crippen MR) is 126 cm³/mol. The van der Waals surface area contributed by atoms with Crippen molar-refractivity contribution < 1.29 is 4.79 Å². The normalized spacial score (nSPS) is 13.3. The fraction of sp³-hybridized carbons (Fsp3) is 0.304. The number of para-hydroxylation sites is 1. The number of rotatable bonds is 6. The zero-order valence-corrected chi connectivity index (χ0v) is 18.7. The van der Waals surface area contributed by atoms with E-state index in [0.29, 0.717) is 23.0 Å². The second-order valence-corrected chi connectivity index (χ2v) is 9.36. The Bertz CT molecular complexity index is 1250. The summed E-state index contributed by atoms with van der Waals surface area (Å²) in [6, 6.07) is 8.93. The number of nitriles is 1. The molecule has 0 saturated heterocycles. The number of allylic oxidation sites excluding steroid dienone is 1. The van der Waals surface area contributed by atoms with Crippen LogP contribution in [0.1, 0.15) is 35.3 Å². The number of hydrogen-bond donors (Lipinski definition) is 1. The quantitative estimate of drug-likeness (QED) is 0.258. The van der Waals surface area contributed by atoms with Gasteiger partial charge in [-0.1, -0.05) is 36.4 Å². The van der Waals surface area contributed by atoms with Crippen molar-refractivity contribution in [3.8, 4) is 6.07 Å². The Morgan fingerprint density at radius 3 is 2.94 bits per heavy atom. The third-order valence-corrected chi connectivity index (χ3v) is 7.42. The Morgan fingerprint density at radius 1 is 1.32 bits per heavy atom. The van der Waals surface area contributed by atoms with E-state index in [4.69, 9.17) is 4.98 Å². The molecule has 1 aliphatic carbocycles. The Morgan fingerprint density at radius 2 is 2.13 bits per heavy atom. The predicted octanol–water partition coefficient (Wildman–Crippen LogP) is 4.52. The lowest BCUT2D eigenvalue weighted by Crippen LogP contribution is -2.24. The first-order valence-electron chi connectivity index (χ1n) is 10.2. The van der Waals surface area contributed by atoms with Crippen molar-refractivity contribution in [2.45, 2.75) is 43.8 Å². The highest BCUT2D eigenvalue weighted by Crippen LogP contribution is 2.34. The van der Waals surface area contributed by atoms with Crippen molar-refractivity contribution in [2.24, 2.45) is 0 Å². The third-order valence-electron chi connectivity index (χ3n) is 5.26. The van der Waals surface area contributed by atoms with Crippen molar-refractivity contribution >= 4 is 44.9 Å². The highest BCUT2D eigenvalue weighted by atomic mass is 32.2. The minimum absolute atomic E-state index is 0.0537. The number of nitrogens with zero attached hydrogens (tertiary/aromatic N) is 3. The van der Waals surface area contributed by atoms with Gasteiger partial charge in [0.1, 0.15) is 10.9 Å². The number of fused-ring (bicyclic) bond motifs is 3. The van der Waals surface area contributed by atoms with Crippen LogP contribution in [0.4, 0.5) is 5.69 Å². The van der Waals surface area contributed by atoms with E-state index < -0.39 is 0 Å². The summed E-state index contributed by atoms with van der Waals surface area (Å²) >= 11 is 2.83. The van der Waals surface area contributed by atoms with Crippen LogP contribution in [-0.4, -0.2) is 21.2 Å². The van der Waals surface area contributed by atoms with Crippen LogP contribution in [0.15, 0.2) is 46.9 Å². The monoisotopic (exact) mass is 450 g/mol. The summed E-state index contributed by atoms with van der Waals surface area (Å²) in [7, 11) is 0. The maximum atomic E-state index is 13.3. The Balaban J connectivity index is 1.62. The molecular weight excluding hydrogens is 428 g/mol. The third kappa shape index (κ3) is 4.43. The minimum atomic E-state index is -0.255. The maximum absolute atomic E-state index is 13.3. The van der Waals surface area contributed by atoms with Crippen LogP contribution in [0, 0.1) is 11.3 Å². The first-order valence-corrected chi connectivity index (χ1v) is 12.0. The van der Waals surface area contributed by atoms with E-state index in [9.17, 15) is 14.9 Å². The van der Waals surface area contributed by atoms with Gasteiger partial charge in [0.25, 0.3) is 5.56 Å². The fourth-order valence-corrected chi connectivity index (χ4v) is 5.91. The summed E-state index contributed by atoms with van der Waals surface area (Å²) < 4.78 is 1.61. The van der Waals surface area contributed by atoms with Gasteiger partial charge in [-0.15, -0.1) is 17.9 Å². The molecule has 8 heteroatoms. The van der Waals surface area contributed by atoms with Crippen molar-refractivity contribution in [1.29, 1.82) is 5.26 Å². The van der Waals surface area contributed by atoms with E-state index >= 15 is 0 Å². The van der Waals surface area contributed by atoms with E-state index in [2.05, 4.69) is 18.0 Å². The molecule has 0 radical (unpaired) electrons. The second-order valence-electron chi connectivity index (χ2n) is 7.34. The largest absolute Gasteiger partial charge is 0.324 e. The molecule has 2 heterocycles. The smallest absolute Gasteiger partial charge is 0.263 e. The van der Waals surface area contributed by atoms with E-state index in [1.54, 1.807) is 46.2 Å². The van der Waals surface area contributed by atoms with Crippen LogP contribution in [0.3, 0.4) is 0 Å². The lowest BCUT2D eigenvalue weighted by Gasteiger charge is -2.11. The molecule has 0 unspecified atom stereocenters. The van der Waals surface area contributed by atoms with E-state index in [1.807, 2.05) is 0 Å². The van der Waals surface area contributed by atoms with Crippen molar-refractivity contribution in [1.82, 2.24) is 9.55 Å². The fourth-order valence-electron chi connectivity index (χ4n) is 3.80. The topological polar surface area (TPSA) is 87.8 Å². The summed E-state index contributed by atoms with van der Waals surface area (Å²) in [5.41, 5.74) is 1.99. The molecule has 2 aromatic heterocycles. The van der Waals surface area contributed by atoms with Gasteiger partial charge in [0.2, 0.25) is 5.91 Å². The first-order chi connectivity index (χ1) is 15.1. The first kappa shape index (κ1) is 21.3. The molecule has 1 aliphatic rings. The summed E-state index contributed by atoms with van der Waals surface area (Å²) in [6.45, 7) is 4.12. The number of carbonyl (C=O) groups is 1. The Kier molecular flexibility index (Phi) is 6.54. The van der Waals surface area contributed by atoms with Gasteiger partial charge < -0.3 is 5.32 Å². The number of thioether (sulfide) groups is 1. The van der Waals surface area contributed by atoms with Gasteiger partial charge in [-0.3, -0.25) is 14.2 Å². The van der Waals surface area contributed by atoms with Gasteiger partial charge in [0.15, 0.2) is 5.16 Å². The summed E-state index contributed by atoms with van der Waals surface area (Å²) in [6.07, 6.45) is 7.03. The summed E-state index contributed by atoms with van der Waals surface area (Å²) in [4.78, 5) is 32.6. The summed E-state index contributed by atoms with van der Waals surface area (Å²) in [5.74, 6) is -0.172. The van der Waals surface area contributed by atoms with Crippen LogP contribution < -0.4 is 10.9 Å². The number of aryl methyl sites for hydroxylation is 2. The van der Waals surface area contributed by atoms with Gasteiger partial charge in [-0.05, 0) is 43.4 Å². The number of hydrogen-bond acceptors (Lipinski definition) is 6.